The minimum atomic E-state index is 0.0213. The molecule has 5 heteroatoms. The molecule has 0 saturated carbocycles. The van der Waals surface area contributed by atoms with Gasteiger partial charge < -0.3 is 5.32 Å². The van der Waals surface area contributed by atoms with E-state index >= 15 is 0 Å². The predicted octanol–water partition coefficient (Wildman–Crippen LogP) is -0.517. The van der Waals surface area contributed by atoms with Crippen LogP contribution >= 0.6 is 0 Å². The van der Waals surface area contributed by atoms with Crippen LogP contribution in [0.4, 0.5) is 0 Å². The zero-order valence-electron chi connectivity index (χ0n) is 6.29. The molecule has 0 saturated heterocycles. The van der Waals surface area contributed by atoms with Gasteiger partial charge in [0.1, 0.15) is 0 Å². The molecular weight excluding hydrogens is 144 g/mol. The molecule has 0 spiro atoms. The second kappa shape index (κ2) is 3.70. The number of nitrogens with one attached hydrogen (secondary N) is 2. The maximum atomic E-state index is 10.7. The molecule has 11 heavy (non-hydrogen) atoms. The number of amides is 1. The molecule has 1 aromatic rings. The van der Waals surface area contributed by atoms with Gasteiger partial charge in [-0.05, 0) is 0 Å². The number of H-pyrrole nitrogens is 1. The van der Waals surface area contributed by atoms with Crippen molar-refractivity contribution in [3.63, 3.8) is 0 Å². The maximum Gasteiger partial charge on any atom is 0.220 e. The van der Waals surface area contributed by atoms with Crippen LogP contribution in [-0.4, -0.2) is 28.4 Å². The number of nitrogens with zero attached hydrogens (tertiary/aromatic N) is 2. The van der Waals surface area contributed by atoms with Gasteiger partial charge in [-0.3, -0.25) is 4.79 Å². The second-order valence-corrected chi connectivity index (χ2v) is 2.13. The third kappa shape index (κ3) is 2.37. The van der Waals surface area contributed by atoms with E-state index in [-0.39, 0.29) is 5.91 Å². The van der Waals surface area contributed by atoms with Gasteiger partial charge in [-0.2, -0.15) is 15.4 Å². The van der Waals surface area contributed by atoms with Crippen LogP contribution in [0.2, 0.25) is 0 Å². The van der Waals surface area contributed by atoms with Gasteiger partial charge in [0.05, 0.1) is 11.9 Å². The highest BCUT2D eigenvalue weighted by Gasteiger charge is 2.00. The lowest BCUT2D eigenvalue weighted by atomic mass is 10.2. The number of carbonyl (C=O) groups excluding carboxylic acids is 1. The Balaban J connectivity index is 2.29. The predicted molar refractivity (Wildman–Crippen MR) is 38.8 cm³/mol. The van der Waals surface area contributed by atoms with E-state index in [2.05, 4.69) is 20.7 Å². The summed E-state index contributed by atoms with van der Waals surface area (Å²) in [6, 6.07) is 0. The molecule has 1 heterocycles. The number of aromatic amines is 1. The molecule has 0 aromatic carbocycles. The molecule has 0 aliphatic rings. The van der Waals surface area contributed by atoms with Crippen LogP contribution in [0.1, 0.15) is 12.1 Å². The lowest BCUT2D eigenvalue weighted by molar-refractivity contribution is -0.120. The fourth-order valence-corrected chi connectivity index (χ4v) is 0.712. The zero-order chi connectivity index (χ0) is 8.10. The molecule has 1 aromatic heterocycles. The summed E-state index contributed by atoms with van der Waals surface area (Å²) in [5.74, 6) is 0.0213. The van der Waals surface area contributed by atoms with Gasteiger partial charge in [0.25, 0.3) is 0 Å². The minimum absolute atomic E-state index is 0.0213. The summed E-state index contributed by atoms with van der Waals surface area (Å²) >= 11 is 0. The molecule has 60 valence electrons. The van der Waals surface area contributed by atoms with E-state index in [4.69, 9.17) is 0 Å². The fourth-order valence-electron chi connectivity index (χ4n) is 0.712. The summed E-state index contributed by atoms with van der Waals surface area (Å²) in [4.78, 5) is 10.7. The first kappa shape index (κ1) is 7.71. The van der Waals surface area contributed by atoms with E-state index < -0.39 is 0 Å². The molecule has 0 unspecified atom stereocenters. The van der Waals surface area contributed by atoms with Crippen molar-refractivity contribution in [3.05, 3.63) is 11.9 Å². The van der Waals surface area contributed by atoms with Crippen LogP contribution in [0.25, 0.3) is 0 Å². The van der Waals surface area contributed by atoms with Crippen molar-refractivity contribution in [2.24, 2.45) is 0 Å². The highest BCUT2D eigenvalue weighted by atomic mass is 16.1. The average Bonchev–Trinajstić information content (AvgIpc) is 2.52. The Bertz CT molecular complexity index is 218. The molecule has 0 aliphatic carbocycles. The normalized spacial score (nSPS) is 9.55. The smallest absolute Gasteiger partial charge is 0.220 e. The summed E-state index contributed by atoms with van der Waals surface area (Å²) in [6.07, 6.45) is 2.71. The zero-order valence-corrected chi connectivity index (χ0v) is 6.29. The van der Waals surface area contributed by atoms with Crippen molar-refractivity contribution in [3.8, 4) is 0 Å². The first-order valence-corrected chi connectivity index (χ1v) is 3.38. The third-order valence-corrected chi connectivity index (χ3v) is 1.35. The Morgan fingerprint density at radius 1 is 1.82 bits per heavy atom. The van der Waals surface area contributed by atoms with Crippen LogP contribution in [0, 0.1) is 0 Å². The van der Waals surface area contributed by atoms with Crippen LogP contribution < -0.4 is 5.32 Å². The molecule has 5 nitrogen and oxygen atoms in total. The van der Waals surface area contributed by atoms with Crippen molar-refractivity contribution in [1.82, 2.24) is 20.7 Å². The number of aryl methyl sites for hydroxylation is 1. The van der Waals surface area contributed by atoms with E-state index in [1.54, 1.807) is 13.2 Å². The van der Waals surface area contributed by atoms with Crippen molar-refractivity contribution >= 4 is 5.91 Å². The van der Waals surface area contributed by atoms with Gasteiger partial charge in [-0.1, -0.05) is 0 Å². The summed E-state index contributed by atoms with van der Waals surface area (Å²) < 4.78 is 0. The lowest BCUT2D eigenvalue weighted by Gasteiger charge is -1.94. The number of hydrogen-bond acceptors (Lipinski definition) is 3. The van der Waals surface area contributed by atoms with E-state index in [9.17, 15) is 4.79 Å². The monoisotopic (exact) mass is 154 g/mol. The van der Waals surface area contributed by atoms with Gasteiger partial charge in [0.2, 0.25) is 5.91 Å². The Kier molecular flexibility index (Phi) is 2.59. The van der Waals surface area contributed by atoms with Gasteiger partial charge in [0, 0.05) is 19.9 Å². The molecule has 0 fully saturated rings. The molecule has 1 rings (SSSR count). The van der Waals surface area contributed by atoms with Crippen LogP contribution in [0.3, 0.4) is 0 Å². The molecule has 2 N–H and O–H groups in total. The number of aromatic nitrogens is 3. The Hall–Kier alpha value is -1.39. The third-order valence-electron chi connectivity index (χ3n) is 1.35. The Morgan fingerprint density at radius 2 is 2.64 bits per heavy atom. The van der Waals surface area contributed by atoms with E-state index in [0.29, 0.717) is 12.8 Å². The van der Waals surface area contributed by atoms with Crippen molar-refractivity contribution in [2.45, 2.75) is 12.8 Å². The highest BCUT2D eigenvalue weighted by molar-refractivity contribution is 5.75. The second-order valence-electron chi connectivity index (χ2n) is 2.13. The quantitative estimate of drug-likeness (QED) is 0.615. The largest absolute Gasteiger partial charge is 0.359 e. The highest BCUT2D eigenvalue weighted by Crippen LogP contribution is 1.94. The van der Waals surface area contributed by atoms with Gasteiger partial charge in [-0.15, -0.1) is 0 Å². The maximum absolute atomic E-state index is 10.7. The average molecular weight is 154 g/mol. The molecule has 1 amide bonds. The summed E-state index contributed by atoms with van der Waals surface area (Å²) in [6.45, 7) is 0. The fraction of sp³-hybridized carbons (Fsp3) is 0.500. The van der Waals surface area contributed by atoms with Gasteiger partial charge in [-0.25, -0.2) is 0 Å². The lowest BCUT2D eigenvalue weighted by Crippen LogP contribution is -2.17. The summed E-state index contributed by atoms with van der Waals surface area (Å²) in [7, 11) is 1.62. The summed E-state index contributed by atoms with van der Waals surface area (Å²) in [5.41, 5.74) is 0.814. The summed E-state index contributed by atoms with van der Waals surface area (Å²) in [5, 5.41) is 12.4. The number of hydrogen-bond donors (Lipinski definition) is 2. The first-order chi connectivity index (χ1) is 5.33. The minimum Gasteiger partial charge on any atom is -0.359 e. The Labute approximate surface area is 64.2 Å². The topological polar surface area (TPSA) is 70.7 Å². The van der Waals surface area contributed by atoms with E-state index in [0.717, 1.165) is 5.69 Å². The van der Waals surface area contributed by atoms with E-state index in [1.807, 2.05) is 0 Å². The van der Waals surface area contributed by atoms with Crippen molar-refractivity contribution in [1.29, 1.82) is 0 Å². The van der Waals surface area contributed by atoms with Crippen LogP contribution in [-0.2, 0) is 11.2 Å². The van der Waals surface area contributed by atoms with Gasteiger partial charge >= 0.3 is 0 Å². The van der Waals surface area contributed by atoms with Crippen LogP contribution in [0.15, 0.2) is 6.20 Å². The van der Waals surface area contributed by atoms with Gasteiger partial charge in [0.15, 0.2) is 0 Å². The SMILES string of the molecule is CNC(=O)CCc1cn[nH]n1. The molecule has 0 bridgehead atoms. The molecule has 0 radical (unpaired) electrons. The molecule has 0 aliphatic heterocycles. The van der Waals surface area contributed by atoms with E-state index in [1.165, 1.54) is 0 Å². The number of rotatable bonds is 3. The standard InChI is InChI=1S/C6H10N4O/c1-7-6(11)3-2-5-4-8-10-9-5/h4H,2-3H2,1H3,(H,7,11)(H,8,9,10). The van der Waals surface area contributed by atoms with Crippen molar-refractivity contribution < 1.29 is 4.79 Å². The molecular formula is C6H10N4O. The Morgan fingerprint density at radius 3 is 3.18 bits per heavy atom. The molecule has 0 atom stereocenters. The van der Waals surface area contributed by atoms with Crippen molar-refractivity contribution in [2.75, 3.05) is 7.05 Å². The number of carbonyl (C=O) groups is 1. The first-order valence-electron chi connectivity index (χ1n) is 3.38. The van der Waals surface area contributed by atoms with Crippen LogP contribution in [0.5, 0.6) is 0 Å².